The lowest BCUT2D eigenvalue weighted by atomic mass is 9.80. The Morgan fingerprint density at radius 2 is 1.89 bits per heavy atom. The summed E-state index contributed by atoms with van der Waals surface area (Å²) in [5, 5.41) is 37.2. The number of nitrogens with one attached hydrogen (secondary N) is 2. The highest BCUT2D eigenvalue weighted by Crippen LogP contribution is 2.40. The fraction of sp³-hybridized carbons (Fsp3) is 0.387. The lowest BCUT2D eigenvalue weighted by molar-refractivity contribution is -0.384. The van der Waals surface area contributed by atoms with E-state index in [-0.39, 0.29) is 53.0 Å². The Morgan fingerprint density at radius 1 is 1.18 bits per heavy atom. The molecule has 2 aromatic rings. The molecule has 2 atom stereocenters. The largest absolute Gasteiger partial charge is 0.491 e. The van der Waals surface area contributed by atoms with E-state index in [2.05, 4.69) is 10.6 Å². The molecule has 1 aliphatic heterocycles. The first-order valence-corrected chi connectivity index (χ1v) is 13.9. The molecule has 1 aliphatic rings. The molecule has 2 aromatic carbocycles. The number of allylic oxidation sites excluding steroid dienone is 2. The average Bonchev–Trinajstić information content (AvgIpc) is 3.01. The molecule has 0 amide bonds. The first-order chi connectivity index (χ1) is 21.0. The lowest BCUT2D eigenvalue weighted by Crippen LogP contribution is -2.35. The van der Waals surface area contributed by atoms with Crippen LogP contribution in [0.15, 0.2) is 71.1 Å². The number of hydrogen-bond acceptors (Lipinski definition) is 12. The van der Waals surface area contributed by atoms with Crippen molar-refractivity contribution in [3.8, 4) is 11.8 Å². The molecule has 3 rings (SSSR count). The number of esters is 2. The Bertz CT molecular complexity index is 1460. The minimum atomic E-state index is -1.14. The predicted molar refractivity (Wildman–Crippen MR) is 162 cm³/mol. The molecule has 13 nitrogen and oxygen atoms in total. The topological polar surface area (TPSA) is 176 Å². The molecule has 0 saturated carbocycles. The number of aliphatic hydroxyl groups is 1. The highest BCUT2D eigenvalue weighted by Gasteiger charge is 2.39. The molecule has 44 heavy (non-hydrogen) atoms. The van der Waals surface area contributed by atoms with Crippen LogP contribution in [0.4, 0.5) is 11.4 Å². The summed E-state index contributed by atoms with van der Waals surface area (Å²) < 4.78 is 16.2. The fourth-order valence-corrected chi connectivity index (χ4v) is 4.57. The van der Waals surface area contributed by atoms with E-state index in [0.29, 0.717) is 18.8 Å². The quantitative estimate of drug-likeness (QED) is 0.163. The predicted octanol–water partition coefficient (Wildman–Crippen LogP) is 2.92. The number of rotatable bonds is 14. The maximum Gasteiger partial charge on any atom is 0.337 e. The van der Waals surface area contributed by atoms with E-state index < -0.39 is 28.9 Å². The number of non-ortho nitro benzene ring substituents is 1. The monoisotopic (exact) mass is 607 g/mol. The van der Waals surface area contributed by atoms with Crippen LogP contribution in [0.5, 0.6) is 5.75 Å². The van der Waals surface area contributed by atoms with Gasteiger partial charge in [0.15, 0.2) is 0 Å². The number of hydrogen-bond donors (Lipinski definition) is 3. The van der Waals surface area contributed by atoms with E-state index in [4.69, 9.17) is 14.2 Å². The van der Waals surface area contributed by atoms with Crippen molar-refractivity contribution in [3.05, 3.63) is 86.7 Å². The first-order valence-electron chi connectivity index (χ1n) is 13.9. The average molecular weight is 608 g/mol. The van der Waals surface area contributed by atoms with E-state index in [1.807, 2.05) is 44.0 Å². The van der Waals surface area contributed by atoms with Crippen molar-refractivity contribution in [1.82, 2.24) is 10.6 Å². The second kappa shape index (κ2) is 15.5. The van der Waals surface area contributed by atoms with E-state index in [1.54, 1.807) is 19.1 Å². The SMILES string of the molecule is COC(=O)C1=C(C#N)NC(C)=C(C(=O)OCCN(C)c2ccc(OCC(O)CNC(C)C)cc2)C1c1cccc([N+](=O)[O-])c1. The zero-order valence-electron chi connectivity index (χ0n) is 25.3. The minimum Gasteiger partial charge on any atom is -0.491 e. The summed E-state index contributed by atoms with van der Waals surface area (Å²) in [7, 11) is 2.96. The molecular formula is C31H37N5O8. The van der Waals surface area contributed by atoms with Gasteiger partial charge in [0.05, 0.1) is 35.6 Å². The normalized spacial score (nSPS) is 15.3. The Labute approximate surface area is 255 Å². The van der Waals surface area contributed by atoms with Crippen LogP contribution < -0.4 is 20.3 Å². The Morgan fingerprint density at radius 3 is 2.50 bits per heavy atom. The number of methoxy groups -OCH3 is 1. The van der Waals surface area contributed by atoms with Gasteiger partial charge >= 0.3 is 11.9 Å². The van der Waals surface area contributed by atoms with Crippen molar-refractivity contribution >= 4 is 23.3 Å². The van der Waals surface area contributed by atoms with Crippen LogP contribution >= 0.6 is 0 Å². The van der Waals surface area contributed by atoms with E-state index in [9.17, 15) is 30.1 Å². The molecule has 0 spiro atoms. The summed E-state index contributed by atoms with van der Waals surface area (Å²) in [6.45, 7) is 6.41. The van der Waals surface area contributed by atoms with Gasteiger partial charge in [-0.3, -0.25) is 10.1 Å². The number of nitro groups is 1. The third-order valence-corrected chi connectivity index (χ3v) is 6.86. The maximum absolute atomic E-state index is 13.5. The zero-order chi connectivity index (χ0) is 32.4. The number of dihydropyridines is 1. The van der Waals surface area contributed by atoms with Crippen molar-refractivity contribution in [2.45, 2.75) is 38.8 Å². The number of benzene rings is 2. The van der Waals surface area contributed by atoms with Crippen LogP contribution in [0.2, 0.25) is 0 Å². The highest BCUT2D eigenvalue weighted by molar-refractivity contribution is 6.00. The summed E-state index contributed by atoms with van der Waals surface area (Å²) in [4.78, 5) is 39.0. The van der Waals surface area contributed by atoms with Gasteiger partial charge in [-0.25, -0.2) is 9.59 Å². The van der Waals surface area contributed by atoms with E-state index in [0.717, 1.165) is 12.8 Å². The van der Waals surface area contributed by atoms with Gasteiger partial charge in [0.2, 0.25) is 0 Å². The second-order valence-corrected chi connectivity index (χ2v) is 10.4. The summed E-state index contributed by atoms with van der Waals surface area (Å²) >= 11 is 0. The number of nitro benzene ring substituents is 1. The molecule has 0 fully saturated rings. The third-order valence-electron chi connectivity index (χ3n) is 6.86. The van der Waals surface area contributed by atoms with Crippen LogP contribution in [-0.4, -0.2) is 74.6 Å². The Balaban J connectivity index is 1.71. The number of carbonyl (C=O) groups excluding carboxylic acids is 2. The Kier molecular flexibility index (Phi) is 11.8. The van der Waals surface area contributed by atoms with Gasteiger partial charge in [-0.1, -0.05) is 26.0 Å². The van der Waals surface area contributed by atoms with Gasteiger partial charge in [0, 0.05) is 43.2 Å². The van der Waals surface area contributed by atoms with Crippen molar-refractivity contribution in [3.63, 3.8) is 0 Å². The molecule has 0 bridgehead atoms. The smallest absolute Gasteiger partial charge is 0.337 e. The molecule has 2 unspecified atom stereocenters. The number of nitriles is 1. The molecule has 0 radical (unpaired) electrons. The van der Waals surface area contributed by atoms with Gasteiger partial charge in [-0.15, -0.1) is 0 Å². The van der Waals surface area contributed by atoms with Crippen molar-refractivity contribution in [2.24, 2.45) is 0 Å². The molecule has 13 heteroatoms. The van der Waals surface area contributed by atoms with Gasteiger partial charge in [-0.2, -0.15) is 5.26 Å². The standard InChI is InChI=1S/C31H37N5O8/c1-19(2)33-17-24(37)18-44-25-11-9-22(10-12-25)35(4)13-14-43-31(39)27-20(3)34-26(16-32)29(30(38)42-5)28(27)21-7-6-8-23(15-21)36(40)41/h6-12,15,19,24,28,33-34,37H,13-14,17-18H2,1-5H3. The van der Waals surface area contributed by atoms with Crippen LogP contribution in [0.1, 0.15) is 32.3 Å². The number of likely N-dealkylation sites (N-methyl/N-ethyl adjacent to an activating group) is 1. The molecule has 0 aromatic heterocycles. The van der Waals surface area contributed by atoms with E-state index in [1.165, 1.54) is 24.3 Å². The number of aliphatic hydroxyl groups excluding tert-OH is 1. The van der Waals surface area contributed by atoms with Crippen molar-refractivity contribution in [2.75, 3.05) is 45.4 Å². The summed E-state index contributed by atoms with van der Waals surface area (Å²) in [6, 6.07) is 14.9. The number of anilines is 1. The summed E-state index contributed by atoms with van der Waals surface area (Å²) in [5.74, 6) is -2.16. The summed E-state index contributed by atoms with van der Waals surface area (Å²) in [5.41, 5.74) is 0.848. The molecule has 0 aliphatic carbocycles. The zero-order valence-corrected chi connectivity index (χ0v) is 25.3. The maximum atomic E-state index is 13.5. The number of carbonyl (C=O) groups is 2. The number of ether oxygens (including phenoxy) is 3. The van der Waals surface area contributed by atoms with Gasteiger partial charge < -0.3 is 34.9 Å². The lowest BCUT2D eigenvalue weighted by Gasteiger charge is -2.29. The van der Waals surface area contributed by atoms with Crippen LogP contribution in [0.25, 0.3) is 0 Å². The van der Waals surface area contributed by atoms with Crippen molar-refractivity contribution in [1.29, 1.82) is 5.26 Å². The molecule has 234 valence electrons. The molecule has 3 N–H and O–H groups in total. The van der Waals surface area contributed by atoms with Crippen molar-refractivity contribution < 1.29 is 33.8 Å². The van der Waals surface area contributed by atoms with Crippen LogP contribution in [0, 0.1) is 21.4 Å². The summed E-state index contributed by atoms with van der Waals surface area (Å²) in [6.07, 6.45) is -0.644. The van der Waals surface area contributed by atoms with Crippen LogP contribution in [-0.2, 0) is 19.1 Å². The molecule has 1 heterocycles. The highest BCUT2D eigenvalue weighted by atomic mass is 16.6. The number of nitrogens with zero attached hydrogens (tertiary/aromatic N) is 3. The first kappa shape index (κ1) is 33.6. The molecular weight excluding hydrogens is 570 g/mol. The Hall–Kier alpha value is -4.93. The van der Waals surface area contributed by atoms with Gasteiger partial charge in [-0.05, 0) is 36.8 Å². The molecule has 0 saturated heterocycles. The van der Waals surface area contributed by atoms with E-state index >= 15 is 0 Å². The van der Waals surface area contributed by atoms with Crippen LogP contribution in [0.3, 0.4) is 0 Å². The van der Waals surface area contributed by atoms with Gasteiger partial charge in [0.1, 0.15) is 36.8 Å². The fourth-order valence-electron chi connectivity index (χ4n) is 4.57. The second-order valence-electron chi connectivity index (χ2n) is 10.4. The third kappa shape index (κ3) is 8.56. The minimum absolute atomic E-state index is 0.0244. The van der Waals surface area contributed by atoms with Gasteiger partial charge in [0.25, 0.3) is 5.69 Å².